The molecule has 20 heavy (non-hydrogen) atoms. The van der Waals surface area contributed by atoms with Crippen LogP contribution in [0.1, 0.15) is 28.5 Å². The summed E-state index contributed by atoms with van der Waals surface area (Å²) in [6.45, 7) is 3.72. The lowest BCUT2D eigenvalue weighted by Gasteiger charge is -2.03. The number of hydrogen-bond donors (Lipinski definition) is 1. The van der Waals surface area contributed by atoms with E-state index in [4.69, 9.17) is 0 Å². The van der Waals surface area contributed by atoms with Gasteiger partial charge < -0.3 is 0 Å². The number of nitrogens with zero attached hydrogens (tertiary/aromatic N) is 2. The van der Waals surface area contributed by atoms with Gasteiger partial charge in [-0.2, -0.15) is 5.10 Å². The number of hydrogen-bond acceptors (Lipinski definition) is 3. The fraction of sp³-hybridized carbons (Fsp3) is 0.133. The molecular weight excluding hydrogens is 318 g/mol. The molecule has 0 atom stereocenters. The fourth-order valence-corrected chi connectivity index (χ4v) is 1.82. The monoisotopic (exact) mass is 331 g/mol. The summed E-state index contributed by atoms with van der Waals surface area (Å²) in [6, 6.07) is 11.2. The first-order valence-electron chi connectivity index (χ1n) is 6.09. The maximum atomic E-state index is 11.9. The number of carbonyl (C=O) groups excluding carboxylic acids is 1. The van der Waals surface area contributed by atoms with E-state index in [1.807, 2.05) is 38.1 Å². The largest absolute Gasteiger partial charge is 0.272 e. The van der Waals surface area contributed by atoms with Crippen molar-refractivity contribution < 1.29 is 4.79 Å². The molecule has 2 rings (SSSR count). The van der Waals surface area contributed by atoms with Gasteiger partial charge in [-0.25, -0.2) is 5.43 Å². The van der Waals surface area contributed by atoms with E-state index in [2.05, 4.69) is 31.4 Å². The molecular formula is C15H14BrN3O. The fourth-order valence-electron chi connectivity index (χ4n) is 1.56. The lowest BCUT2D eigenvalue weighted by atomic mass is 10.1. The maximum Gasteiger partial charge on any atom is 0.272 e. The summed E-state index contributed by atoms with van der Waals surface area (Å²) >= 11 is 3.38. The molecule has 2 aromatic rings. The Morgan fingerprint density at radius 2 is 1.80 bits per heavy atom. The summed E-state index contributed by atoms with van der Waals surface area (Å²) in [6.07, 6.45) is 1.54. The second kappa shape index (κ2) is 6.43. The van der Waals surface area contributed by atoms with Gasteiger partial charge in [0.15, 0.2) is 0 Å². The second-order valence-corrected chi connectivity index (χ2v) is 5.25. The van der Waals surface area contributed by atoms with Gasteiger partial charge in [0.25, 0.3) is 5.91 Å². The predicted molar refractivity (Wildman–Crippen MR) is 82.8 cm³/mol. The minimum Gasteiger partial charge on any atom is -0.267 e. The molecule has 0 spiro atoms. The van der Waals surface area contributed by atoms with Crippen molar-refractivity contribution >= 4 is 27.5 Å². The highest BCUT2D eigenvalue weighted by Crippen LogP contribution is 2.11. The average Bonchev–Trinajstić information content (AvgIpc) is 2.46. The van der Waals surface area contributed by atoms with E-state index in [9.17, 15) is 4.79 Å². The molecule has 102 valence electrons. The third-order valence-electron chi connectivity index (χ3n) is 2.76. The van der Waals surface area contributed by atoms with Crippen LogP contribution in [-0.2, 0) is 0 Å². The molecule has 0 aliphatic rings. The van der Waals surface area contributed by atoms with Crippen LogP contribution in [-0.4, -0.2) is 16.6 Å². The Morgan fingerprint density at radius 3 is 2.40 bits per heavy atom. The first kappa shape index (κ1) is 14.4. The van der Waals surface area contributed by atoms with Gasteiger partial charge in [-0.15, -0.1) is 0 Å². The summed E-state index contributed by atoms with van der Waals surface area (Å²) in [5.41, 5.74) is 5.58. The Labute approximate surface area is 126 Å². The normalized spacial score (nSPS) is 11.2. The van der Waals surface area contributed by atoms with Crippen LogP contribution < -0.4 is 5.43 Å². The van der Waals surface area contributed by atoms with Crippen LogP contribution in [0.15, 0.2) is 52.2 Å². The molecule has 1 aromatic heterocycles. The van der Waals surface area contributed by atoms with E-state index in [-0.39, 0.29) is 5.91 Å². The number of carbonyl (C=O) groups is 1. The van der Waals surface area contributed by atoms with Crippen molar-refractivity contribution in [1.82, 2.24) is 10.4 Å². The van der Waals surface area contributed by atoms with Crippen molar-refractivity contribution in [3.8, 4) is 0 Å². The maximum absolute atomic E-state index is 11.9. The number of hydrazone groups is 1. The van der Waals surface area contributed by atoms with E-state index < -0.39 is 0 Å². The Bertz CT molecular complexity index is 633. The highest BCUT2D eigenvalue weighted by Gasteiger charge is 2.05. The molecule has 0 saturated carbocycles. The Morgan fingerprint density at radius 1 is 1.15 bits per heavy atom. The van der Waals surface area contributed by atoms with Gasteiger partial charge in [0, 0.05) is 16.4 Å². The zero-order chi connectivity index (χ0) is 14.5. The van der Waals surface area contributed by atoms with Gasteiger partial charge in [0.2, 0.25) is 0 Å². The van der Waals surface area contributed by atoms with Gasteiger partial charge >= 0.3 is 0 Å². The molecule has 1 aromatic carbocycles. The van der Waals surface area contributed by atoms with Crippen LogP contribution in [0.5, 0.6) is 0 Å². The number of pyridine rings is 1. The summed E-state index contributed by atoms with van der Waals surface area (Å²) in [5, 5.41) is 4.10. The van der Waals surface area contributed by atoms with Crippen molar-refractivity contribution in [2.75, 3.05) is 0 Å². The molecule has 1 amide bonds. The predicted octanol–water partition coefficient (Wildman–Crippen LogP) is 3.31. The zero-order valence-corrected chi connectivity index (χ0v) is 12.8. The minimum atomic E-state index is -0.269. The molecule has 0 unspecified atom stereocenters. The summed E-state index contributed by atoms with van der Waals surface area (Å²) < 4.78 is 1.00. The number of halogens is 1. The smallest absolute Gasteiger partial charge is 0.267 e. The molecule has 4 nitrogen and oxygen atoms in total. The van der Waals surface area contributed by atoms with Crippen LogP contribution >= 0.6 is 15.9 Å². The van der Waals surface area contributed by atoms with Crippen LogP contribution in [0, 0.1) is 6.92 Å². The van der Waals surface area contributed by atoms with E-state index >= 15 is 0 Å². The SMILES string of the molecule is CC(=NNC(=O)c1ccc(C)nc1)c1ccc(Br)cc1. The van der Waals surface area contributed by atoms with E-state index in [1.54, 1.807) is 12.1 Å². The van der Waals surface area contributed by atoms with E-state index in [0.717, 1.165) is 21.4 Å². The van der Waals surface area contributed by atoms with Crippen molar-refractivity contribution in [3.63, 3.8) is 0 Å². The molecule has 0 fully saturated rings. The highest BCUT2D eigenvalue weighted by molar-refractivity contribution is 9.10. The van der Waals surface area contributed by atoms with Crippen LogP contribution in [0.25, 0.3) is 0 Å². The third-order valence-corrected chi connectivity index (χ3v) is 3.29. The lowest BCUT2D eigenvalue weighted by Crippen LogP contribution is -2.19. The highest BCUT2D eigenvalue weighted by atomic mass is 79.9. The molecule has 0 aliphatic heterocycles. The molecule has 0 aliphatic carbocycles. The van der Waals surface area contributed by atoms with Gasteiger partial charge in [-0.05, 0) is 43.7 Å². The summed E-state index contributed by atoms with van der Waals surface area (Å²) in [5.74, 6) is -0.269. The average molecular weight is 332 g/mol. The van der Waals surface area contributed by atoms with Crippen molar-refractivity contribution in [2.45, 2.75) is 13.8 Å². The molecule has 1 heterocycles. The molecule has 5 heteroatoms. The number of aryl methyl sites for hydroxylation is 1. The van der Waals surface area contributed by atoms with Gasteiger partial charge in [0.1, 0.15) is 0 Å². The molecule has 0 radical (unpaired) electrons. The van der Waals surface area contributed by atoms with Crippen molar-refractivity contribution in [3.05, 3.63) is 63.9 Å². The quantitative estimate of drug-likeness (QED) is 0.693. The first-order valence-corrected chi connectivity index (χ1v) is 6.89. The van der Waals surface area contributed by atoms with E-state index in [1.165, 1.54) is 6.20 Å². The topological polar surface area (TPSA) is 54.4 Å². The summed E-state index contributed by atoms with van der Waals surface area (Å²) in [4.78, 5) is 16.0. The van der Waals surface area contributed by atoms with Gasteiger partial charge in [-0.3, -0.25) is 9.78 Å². The van der Waals surface area contributed by atoms with Crippen LogP contribution in [0.2, 0.25) is 0 Å². The first-order chi connectivity index (χ1) is 9.56. The lowest BCUT2D eigenvalue weighted by molar-refractivity contribution is 0.0954. The number of benzene rings is 1. The standard InChI is InChI=1S/C15H14BrN3O/c1-10-3-4-13(9-17-10)15(20)19-18-11(2)12-5-7-14(16)8-6-12/h3-9H,1-2H3,(H,19,20). The van der Waals surface area contributed by atoms with Crippen molar-refractivity contribution in [1.29, 1.82) is 0 Å². The number of nitrogens with one attached hydrogen (secondary N) is 1. The Balaban J connectivity index is 2.06. The third kappa shape index (κ3) is 3.74. The second-order valence-electron chi connectivity index (χ2n) is 4.33. The van der Waals surface area contributed by atoms with Gasteiger partial charge in [0.05, 0.1) is 11.3 Å². The molecule has 0 bridgehead atoms. The number of aromatic nitrogens is 1. The van der Waals surface area contributed by atoms with Crippen LogP contribution in [0.3, 0.4) is 0 Å². The Hall–Kier alpha value is -2.01. The van der Waals surface area contributed by atoms with Crippen LogP contribution in [0.4, 0.5) is 0 Å². The van der Waals surface area contributed by atoms with Crippen molar-refractivity contribution in [2.24, 2.45) is 5.10 Å². The molecule has 1 N–H and O–H groups in total. The van der Waals surface area contributed by atoms with E-state index in [0.29, 0.717) is 5.56 Å². The summed E-state index contributed by atoms with van der Waals surface area (Å²) in [7, 11) is 0. The molecule has 0 saturated heterocycles. The number of rotatable bonds is 3. The van der Waals surface area contributed by atoms with Gasteiger partial charge in [-0.1, -0.05) is 28.1 Å². The Kier molecular flexibility index (Phi) is 4.63. The number of amides is 1. The zero-order valence-electron chi connectivity index (χ0n) is 11.2. The minimum absolute atomic E-state index is 0.269.